The molecule has 0 saturated carbocycles. The molecule has 0 N–H and O–H groups in total. The molecule has 6 aromatic carbocycles. The summed E-state index contributed by atoms with van der Waals surface area (Å²) in [4.78, 5) is 2.37. The minimum atomic E-state index is -0.102. The van der Waals surface area contributed by atoms with E-state index < -0.39 is 0 Å². The van der Waals surface area contributed by atoms with Crippen LogP contribution in [-0.2, 0) is 10.8 Å². The van der Waals surface area contributed by atoms with Crippen LogP contribution in [0.25, 0.3) is 33.4 Å². The van der Waals surface area contributed by atoms with Gasteiger partial charge in [-0.2, -0.15) is 0 Å². The third kappa shape index (κ3) is 4.48. The quantitative estimate of drug-likeness (QED) is 0.204. The van der Waals surface area contributed by atoms with E-state index in [-0.39, 0.29) is 10.8 Å². The van der Waals surface area contributed by atoms with Crippen molar-refractivity contribution < 1.29 is 0 Å². The van der Waals surface area contributed by atoms with E-state index in [1.165, 1.54) is 44.5 Å². The van der Waals surface area contributed by atoms with Gasteiger partial charge in [0.2, 0.25) is 0 Å². The molecule has 0 amide bonds. The van der Waals surface area contributed by atoms with Gasteiger partial charge in [0.15, 0.2) is 0 Å². The molecule has 43 heavy (non-hydrogen) atoms. The summed E-state index contributed by atoms with van der Waals surface area (Å²) in [6.07, 6.45) is 0. The smallest absolute Gasteiger partial charge is 0.0473 e. The van der Waals surface area contributed by atoms with Gasteiger partial charge in [0, 0.05) is 22.5 Å². The van der Waals surface area contributed by atoms with E-state index in [2.05, 4.69) is 184 Å². The number of anilines is 3. The molecule has 1 aliphatic carbocycles. The van der Waals surface area contributed by atoms with E-state index in [0.717, 1.165) is 17.1 Å². The van der Waals surface area contributed by atoms with Crippen LogP contribution in [0.4, 0.5) is 17.1 Å². The summed E-state index contributed by atoms with van der Waals surface area (Å²) < 4.78 is 0. The van der Waals surface area contributed by atoms with Crippen LogP contribution in [-0.4, -0.2) is 0 Å². The lowest BCUT2D eigenvalue weighted by Gasteiger charge is -2.49. The molecule has 0 spiro atoms. The first-order chi connectivity index (χ1) is 20.9. The maximum absolute atomic E-state index is 2.42. The van der Waals surface area contributed by atoms with E-state index in [9.17, 15) is 0 Å². The Balaban J connectivity index is 1.53. The molecule has 0 aromatic heterocycles. The monoisotopic (exact) mass is 555 g/mol. The number of nitrogens with zero attached hydrogens (tertiary/aromatic N) is 1. The summed E-state index contributed by atoms with van der Waals surface area (Å²) in [5.74, 6) is 0. The van der Waals surface area contributed by atoms with E-state index in [0.29, 0.717) is 0 Å². The first-order valence-corrected chi connectivity index (χ1v) is 15.2. The normalized spacial score (nSPS) is 14.4. The molecule has 1 aliphatic rings. The van der Waals surface area contributed by atoms with Gasteiger partial charge in [-0.15, -0.1) is 0 Å². The summed E-state index contributed by atoms with van der Waals surface area (Å²) in [6, 6.07) is 55.1. The van der Waals surface area contributed by atoms with Crippen LogP contribution in [0.1, 0.15) is 38.8 Å². The highest BCUT2D eigenvalue weighted by Gasteiger charge is 2.46. The van der Waals surface area contributed by atoms with Gasteiger partial charge in [0.05, 0.1) is 0 Å². The molecule has 0 aliphatic heterocycles. The van der Waals surface area contributed by atoms with Gasteiger partial charge in [0.1, 0.15) is 0 Å². The molecule has 1 nitrogen and oxygen atoms in total. The number of hydrogen-bond donors (Lipinski definition) is 0. The van der Waals surface area contributed by atoms with Crippen molar-refractivity contribution in [3.8, 4) is 33.4 Å². The molecule has 0 unspecified atom stereocenters. The van der Waals surface area contributed by atoms with Crippen molar-refractivity contribution >= 4 is 17.1 Å². The fraction of sp³-hybridized carbons (Fsp3) is 0.143. The number of hydrogen-bond acceptors (Lipinski definition) is 1. The Hall–Kier alpha value is -4.88. The van der Waals surface area contributed by atoms with Crippen molar-refractivity contribution in [1.82, 2.24) is 0 Å². The standard InChI is InChI=1S/C42H37N/c1-41(2)39-26-15-14-23-37(39)38-25-16-24-36(40(38)42(41,3)4)32-27-31(30-17-8-5-9-18-30)28-35(29-32)43(33-19-10-6-11-20-33)34-21-12-7-13-22-34/h5-29H,1-4H3. The van der Waals surface area contributed by atoms with Crippen molar-refractivity contribution in [3.05, 3.63) is 163 Å². The van der Waals surface area contributed by atoms with E-state index in [1.54, 1.807) is 0 Å². The van der Waals surface area contributed by atoms with Crippen molar-refractivity contribution in [2.24, 2.45) is 0 Å². The van der Waals surface area contributed by atoms with Crippen molar-refractivity contribution in [3.63, 3.8) is 0 Å². The predicted octanol–water partition coefficient (Wildman–Crippen LogP) is 11.7. The first kappa shape index (κ1) is 27.0. The van der Waals surface area contributed by atoms with Crippen molar-refractivity contribution in [2.45, 2.75) is 38.5 Å². The molecule has 0 heterocycles. The Morgan fingerprint density at radius 1 is 0.372 bits per heavy atom. The summed E-state index contributed by atoms with van der Waals surface area (Å²) in [6.45, 7) is 9.66. The zero-order valence-corrected chi connectivity index (χ0v) is 25.4. The zero-order chi connectivity index (χ0) is 29.6. The Bertz CT molecular complexity index is 1860. The topological polar surface area (TPSA) is 3.24 Å². The molecule has 0 bridgehead atoms. The van der Waals surface area contributed by atoms with Gasteiger partial charge in [-0.1, -0.05) is 137 Å². The molecule has 0 fully saturated rings. The average Bonchev–Trinajstić information content (AvgIpc) is 3.05. The van der Waals surface area contributed by atoms with E-state index in [1.807, 2.05) is 0 Å². The number of benzene rings is 6. The third-order valence-electron chi connectivity index (χ3n) is 9.77. The second-order valence-corrected chi connectivity index (χ2v) is 12.7. The van der Waals surface area contributed by atoms with Gasteiger partial charge >= 0.3 is 0 Å². The highest BCUT2D eigenvalue weighted by Crippen LogP contribution is 2.56. The Morgan fingerprint density at radius 2 is 0.884 bits per heavy atom. The van der Waals surface area contributed by atoms with Crippen LogP contribution >= 0.6 is 0 Å². The molecular weight excluding hydrogens is 518 g/mol. The van der Waals surface area contributed by atoms with E-state index in [4.69, 9.17) is 0 Å². The van der Waals surface area contributed by atoms with Crippen LogP contribution in [0.3, 0.4) is 0 Å². The van der Waals surface area contributed by atoms with Gasteiger partial charge in [0.25, 0.3) is 0 Å². The summed E-state index contributed by atoms with van der Waals surface area (Å²) in [7, 11) is 0. The second kappa shape index (κ2) is 10.4. The Morgan fingerprint density at radius 3 is 1.53 bits per heavy atom. The van der Waals surface area contributed by atoms with Gasteiger partial charge in [-0.05, 0) is 92.4 Å². The fourth-order valence-corrected chi connectivity index (χ4v) is 6.90. The van der Waals surface area contributed by atoms with Crippen LogP contribution in [0, 0.1) is 0 Å². The minimum absolute atomic E-state index is 0.0489. The van der Waals surface area contributed by atoms with Crippen LogP contribution in [0.15, 0.2) is 152 Å². The fourth-order valence-electron chi connectivity index (χ4n) is 6.90. The summed E-state index contributed by atoms with van der Waals surface area (Å²) in [5, 5.41) is 0. The molecule has 0 radical (unpaired) electrons. The highest BCUT2D eigenvalue weighted by molar-refractivity contribution is 5.89. The molecule has 1 heteroatoms. The second-order valence-electron chi connectivity index (χ2n) is 12.7. The highest BCUT2D eigenvalue weighted by atomic mass is 15.1. The first-order valence-electron chi connectivity index (χ1n) is 15.2. The predicted molar refractivity (Wildman–Crippen MR) is 183 cm³/mol. The lowest BCUT2D eigenvalue weighted by molar-refractivity contribution is 0.300. The van der Waals surface area contributed by atoms with E-state index >= 15 is 0 Å². The number of rotatable bonds is 5. The number of fused-ring (bicyclic) bond motifs is 3. The Kier molecular flexibility index (Phi) is 6.55. The lowest BCUT2D eigenvalue weighted by Crippen LogP contribution is -2.43. The number of para-hydroxylation sites is 2. The lowest BCUT2D eigenvalue weighted by atomic mass is 9.54. The maximum atomic E-state index is 2.42. The summed E-state index contributed by atoms with van der Waals surface area (Å²) >= 11 is 0. The molecule has 7 rings (SSSR count). The van der Waals surface area contributed by atoms with Crippen LogP contribution in [0.5, 0.6) is 0 Å². The van der Waals surface area contributed by atoms with Gasteiger partial charge in [-0.3, -0.25) is 0 Å². The zero-order valence-electron chi connectivity index (χ0n) is 25.4. The molecular formula is C42H37N. The molecule has 210 valence electrons. The maximum Gasteiger partial charge on any atom is 0.0473 e. The third-order valence-corrected chi connectivity index (χ3v) is 9.77. The Labute approximate surface area is 256 Å². The van der Waals surface area contributed by atoms with Crippen LogP contribution < -0.4 is 4.90 Å². The minimum Gasteiger partial charge on any atom is -0.310 e. The average molecular weight is 556 g/mol. The molecule has 6 aromatic rings. The SMILES string of the molecule is CC1(C)c2ccccc2-c2cccc(-c3cc(-c4ccccc4)cc(N(c4ccccc4)c4ccccc4)c3)c2C1(C)C. The van der Waals surface area contributed by atoms with Gasteiger partial charge < -0.3 is 4.90 Å². The summed E-state index contributed by atoms with van der Waals surface area (Å²) in [5.41, 5.74) is 13.7. The van der Waals surface area contributed by atoms with Gasteiger partial charge in [-0.25, -0.2) is 0 Å². The van der Waals surface area contributed by atoms with Crippen molar-refractivity contribution in [1.29, 1.82) is 0 Å². The molecule has 0 saturated heterocycles. The van der Waals surface area contributed by atoms with Crippen molar-refractivity contribution in [2.75, 3.05) is 4.90 Å². The largest absolute Gasteiger partial charge is 0.310 e. The van der Waals surface area contributed by atoms with Crippen LogP contribution in [0.2, 0.25) is 0 Å². The molecule has 0 atom stereocenters.